The van der Waals surface area contributed by atoms with Gasteiger partial charge in [-0.2, -0.15) is 9.59 Å². The normalized spacial score (nSPS) is 9.42. The standard InChI is InChI=1S/C17H16O6.C10H6O3.C8H8O2.C6H12O2.CO2/c1-3-21-16(19)13(17(20)22-4-2)9-11-10-23-14-8-6-5-7-12(14)15(11)18;11-5-7-6-13-9-4-2-1-3-8(9)10(7)12;1-6(9)7-4-2-3-5-8(7)10;1-3-5-6(7)8-4-2;2-1-3/h5-10H,3-4H2,1-2H3;1-6H;2-5,10H,1H3;3-5H2,1-2H3;. The first-order chi connectivity index (χ1) is 27.3. The van der Waals surface area contributed by atoms with Crippen LogP contribution in [-0.4, -0.2) is 61.1 Å². The molecule has 15 heteroatoms. The van der Waals surface area contributed by atoms with Crippen LogP contribution >= 0.6 is 0 Å². The number of Topliss-reactive ketones (excluding diaryl/α,β-unsaturated/α-hetero) is 1. The van der Waals surface area contributed by atoms with Crippen molar-refractivity contribution in [2.24, 2.45) is 0 Å². The van der Waals surface area contributed by atoms with Gasteiger partial charge in [-0.25, -0.2) is 9.59 Å². The second-order valence-electron chi connectivity index (χ2n) is 10.9. The van der Waals surface area contributed by atoms with Crippen LogP contribution in [-0.2, 0) is 38.2 Å². The fourth-order valence-corrected chi connectivity index (χ4v) is 4.35. The average molecular weight is 787 g/mol. The molecule has 0 aliphatic rings. The molecule has 0 bridgehead atoms. The first-order valence-electron chi connectivity index (χ1n) is 17.3. The molecular weight excluding hydrogens is 744 g/mol. The number of hydrogen-bond acceptors (Lipinski definition) is 15. The molecule has 57 heavy (non-hydrogen) atoms. The second kappa shape index (κ2) is 26.5. The molecule has 2 heterocycles. The molecule has 0 radical (unpaired) electrons. The summed E-state index contributed by atoms with van der Waals surface area (Å²) in [6, 6.07) is 20.0. The predicted octanol–water partition coefficient (Wildman–Crippen LogP) is 6.27. The first kappa shape index (κ1) is 47.8. The number of fused-ring (bicyclic) bond motifs is 2. The minimum atomic E-state index is -0.849. The van der Waals surface area contributed by atoms with Crippen LogP contribution in [0.25, 0.3) is 28.0 Å². The summed E-state index contributed by atoms with van der Waals surface area (Å²) in [6.45, 7) is 9.12. The zero-order chi connectivity index (χ0) is 42.8. The van der Waals surface area contributed by atoms with Gasteiger partial charge in [0.1, 0.15) is 35.0 Å². The SMILES string of the molecule is CC(=O)c1ccccc1O.CCCC(=O)OCC.CCOC(=O)C(=Cc1coc2ccccc2c1=O)C(=O)OCC.O=C=O.O=Cc1coc2ccccc2c1=O. The van der Waals surface area contributed by atoms with Gasteiger partial charge in [0.25, 0.3) is 0 Å². The predicted molar refractivity (Wildman–Crippen MR) is 206 cm³/mol. The van der Waals surface area contributed by atoms with Gasteiger partial charge in [0.2, 0.25) is 5.43 Å². The number of aldehydes is 1. The van der Waals surface area contributed by atoms with E-state index in [4.69, 9.17) is 33.0 Å². The van der Waals surface area contributed by atoms with E-state index in [1.165, 1.54) is 25.5 Å². The lowest BCUT2D eigenvalue weighted by Gasteiger charge is -2.06. The summed E-state index contributed by atoms with van der Waals surface area (Å²) in [5.74, 6) is -1.85. The number of aromatic hydroxyl groups is 1. The van der Waals surface area contributed by atoms with E-state index in [0.29, 0.717) is 46.8 Å². The average Bonchev–Trinajstić information content (AvgIpc) is 3.19. The zero-order valence-electron chi connectivity index (χ0n) is 31.9. The summed E-state index contributed by atoms with van der Waals surface area (Å²) >= 11 is 0. The number of carbonyl (C=O) groups is 5. The van der Waals surface area contributed by atoms with E-state index in [0.717, 1.165) is 12.5 Å². The zero-order valence-corrected chi connectivity index (χ0v) is 31.9. The number of carbonyl (C=O) groups excluding carboxylic acids is 7. The second-order valence-corrected chi connectivity index (χ2v) is 10.9. The van der Waals surface area contributed by atoms with Gasteiger partial charge in [-0.3, -0.25) is 24.0 Å². The molecule has 0 spiro atoms. The van der Waals surface area contributed by atoms with Gasteiger partial charge >= 0.3 is 24.1 Å². The molecule has 0 atom stereocenters. The van der Waals surface area contributed by atoms with Gasteiger partial charge in [0.15, 0.2) is 17.5 Å². The quantitative estimate of drug-likeness (QED) is 0.0313. The van der Waals surface area contributed by atoms with Crippen molar-refractivity contribution in [3.8, 4) is 5.75 Å². The Kier molecular flexibility index (Phi) is 22.2. The molecule has 2 aromatic heterocycles. The van der Waals surface area contributed by atoms with Crippen LogP contribution in [0.2, 0.25) is 0 Å². The Morgan fingerprint density at radius 1 is 0.684 bits per heavy atom. The van der Waals surface area contributed by atoms with Crippen LogP contribution in [0.5, 0.6) is 5.75 Å². The minimum Gasteiger partial charge on any atom is -0.507 e. The fraction of sp³-hybridized carbons (Fsp3) is 0.238. The molecular formula is C42H42O15. The van der Waals surface area contributed by atoms with Crippen LogP contribution in [0, 0.1) is 0 Å². The summed E-state index contributed by atoms with van der Waals surface area (Å²) in [6.07, 6.45) is 5.68. The van der Waals surface area contributed by atoms with Crippen molar-refractivity contribution in [2.75, 3.05) is 19.8 Å². The van der Waals surface area contributed by atoms with Crippen molar-refractivity contribution in [1.82, 2.24) is 0 Å². The highest BCUT2D eigenvalue weighted by atomic mass is 16.6. The molecule has 0 fully saturated rings. The monoisotopic (exact) mass is 786 g/mol. The van der Waals surface area contributed by atoms with Crippen LogP contribution in [0.3, 0.4) is 0 Å². The first-order valence-corrected chi connectivity index (χ1v) is 17.3. The van der Waals surface area contributed by atoms with Gasteiger partial charge in [0.05, 0.1) is 47.3 Å². The van der Waals surface area contributed by atoms with E-state index in [1.54, 1.807) is 80.6 Å². The lowest BCUT2D eigenvalue weighted by atomic mass is 10.1. The summed E-state index contributed by atoms with van der Waals surface area (Å²) in [4.78, 5) is 95.5. The highest BCUT2D eigenvalue weighted by Gasteiger charge is 2.22. The van der Waals surface area contributed by atoms with Crippen LogP contribution < -0.4 is 10.9 Å². The van der Waals surface area contributed by atoms with Crippen molar-refractivity contribution in [3.63, 3.8) is 0 Å². The van der Waals surface area contributed by atoms with Gasteiger partial charge in [-0.1, -0.05) is 43.3 Å². The number of para-hydroxylation sites is 3. The van der Waals surface area contributed by atoms with Crippen molar-refractivity contribution in [3.05, 3.63) is 128 Å². The number of phenolic OH excluding ortho intramolecular Hbond substituents is 1. The van der Waals surface area contributed by atoms with Gasteiger partial charge in [0, 0.05) is 6.42 Å². The number of ether oxygens (including phenoxy) is 3. The van der Waals surface area contributed by atoms with E-state index in [1.807, 2.05) is 13.8 Å². The molecule has 0 aliphatic heterocycles. The van der Waals surface area contributed by atoms with E-state index >= 15 is 0 Å². The van der Waals surface area contributed by atoms with Crippen molar-refractivity contribution in [1.29, 1.82) is 0 Å². The Hall–Kier alpha value is -7.25. The molecule has 15 nitrogen and oxygen atoms in total. The Balaban J connectivity index is 0.000000404. The van der Waals surface area contributed by atoms with Crippen LogP contribution in [0.4, 0.5) is 0 Å². The summed E-state index contributed by atoms with van der Waals surface area (Å²) in [7, 11) is 0. The van der Waals surface area contributed by atoms with Crippen LogP contribution in [0.1, 0.15) is 73.7 Å². The third-order valence-electron chi connectivity index (χ3n) is 6.87. The maximum atomic E-state index is 12.4. The number of rotatable bonds is 10. The lowest BCUT2D eigenvalue weighted by molar-refractivity contribution is -0.191. The number of hydrogen-bond donors (Lipinski definition) is 1. The largest absolute Gasteiger partial charge is 0.507 e. The summed E-state index contributed by atoms with van der Waals surface area (Å²) < 4.78 is 24.7. The Bertz CT molecular complexity index is 2260. The summed E-state index contributed by atoms with van der Waals surface area (Å²) in [5, 5.41) is 9.85. The molecule has 0 saturated carbocycles. The molecule has 5 aromatic rings. The number of phenols is 1. The van der Waals surface area contributed by atoms with Crippen molar-refractivity contribution < 1.29 is 61.7 Å². The summed E-state index contributed by atoms with van der Waals surface area (Å²) in [5.41, 5.74) is 0.439. The molecule has 0 unspecified atom stereocenters. The van der Waals surface area contributed by atoms with E-state index in [9.17, 15) is 33.6 Å². The smallest absolute Gasteiger partial charge is 0.373 e. The highest BCUT2D eigenvalue weighted by Crippen LogP contribution is 2.16. The van der Waals surface area contributed by atoms with Gasteiger partial charge in [-0.05, 0) is 76.6 Å². The lowest BCUT2D eigenvalue weighted by Crippen LogP contribution is -2.19. The number of esters is 3. The molecule has 0 amide bonds. The maximum Gasteiger partial charge on any atom is 0.373 e. The van der Waals surface area contributed by atoms with E-state index < -0.39 is 11.9 Å². The fourth-order valence-electron chi connectivity index (χ4n) is 4.35. The molecule has 300 valence electrons. The van der Waals surface area contributed by atoms with Gasteiger partial charge in [-0.15, -0.1) is 0 Å². The maximum absolute atomic E-state index is 12.4. The molecule has 5 rings (SSSR count). The highest BCUT2D eigenvalue weighted by molar-refractivity contribution is 6.17. The number of ketones is 1. The number of benzene rings is 3. The molecule has 1 N–H and O–H groups in total. The Morgan fingerprint density at radius 3 is 1.54 bits per heavy atom. The van der Waals surface area contributed by atoms with Gasteiger partial charge < -0.3 is 28.2 Å². The minimum absolute atomic E-state index is 0.0509. The third-order valence-corrected chi connectivity index (χ3v) is 6.87. The molecule has 0 saturated heterocycles. The Labute approximate surface area is 326 Å². The van der Waals surface area contributed by atoms with Crippen molar-refractivity contribution in [2.45, 2.75) is 47.5 Å². The van der Waals surface area contributed by atoms with Crippen molar-refractivity contribution >= 4 is 64.1 Å². The topological polar surface area (TPSA) is 228 Å². The Morgan fingerprint density at radius 2 is 1.12 bits per heavy atom. The molecule has 3 aromatic carbocycles. The van der Waals surface area contributed by atoms with E-state index in [2.05, 4.69) is 4.74 Å². The molecule has 0 aliphatic carbocycles. The van der Waals surface area contributed by atoms with Crippen LogP contribution in [0.15, 0.2) is 109 Å². The third kappa shape index (κ3) is 15.9. The van der Waals surface area contributed by atoms with E-state index in [-0.39, 0.29) is 64.4 Å².